The van der Waals surface area contributed by atoms with Gasteiger partial charge >= 0.3 is 0 Å². The molecule has 2 aromatic carbocycles. The van der Waals surface area contributed by atoms with Gasteiger partial charge in [0.1, 0.15) is 6.54 Å². The molecular weight excluding hydrogens is 530 g/mol. The third-order valence-corrected chi connectivity index (χ3v) is 7.08. The fraction of sp³-hybridized carbons (Fsp3) is 0.379. The molecule has 1 aromatic heterocycles. The molecule has 0 radical (unpaired) electrons. The molecule has 0 unspecified atom stereocenters. The summed E-state index contributed by atoms with van der Waals surface area (Å²) in [5, 5.41) is 8.83. The molecule has 1 fully saturated rings. The molecule has 3 heterocycles. The first kappa shape index (κ1) is 28.0. The fourth-order valence-electron chi connectivity index (χ4n) is 4.76. The van der Waals surface area contributed by atoms with Crippen LogP contribution in [0.1, 0.15) is 10.4 Å². The predicted octanol–water partition coefficient (Wildman–Crippen LogP) is 2.33. The molecule has 0 atom stereocenters. The molecule has 0 N–H and O–H groups in total. The Labute approximate surface area is 238 Å². The van der Waals surface area contributed by atoms with Gasteiger partial charge in [-0.3, -0.25) is 9.59 Å². The molecule has 0 bridgehead atoms. The van der Waals surface area contributed by atoms with E-state index in [0.29, 0.717) is 67.0 Å². The number of carbonyl (C=O) groups excluding carboxylic acids is 2. The second-order valence-electron chi connectivity index (χ2n) is 9.50. The molecule has 3 aromatic rings. The molecule has 2 amide bonds. The van der Waals surface area contributed by atoms with Crippen molar-refractivity contribution < 1.29 is 33.3 Å². The number of nitrogens with zero attached hydrogens (tertiary/aromatic N) is 5. The van der Waals surface area contributed by atoms with Crippen LogP contribution in [-0.4, -0.2) is 106 Å². The molecule has 216 valence electrons. The Morgan fingerprint density at radius 1 is 0.878 bits per heavy atom. The molecule has 0 spiro atoms. The van der Waals surface area contributed by atoms with Gasteiger partial charge in [-0.05, 0) is 48.5 Å². The second-order valence-corrected chi connectivity index (χ2v) is 9.50. The molecular formula is C29H33N5O7. The van der Waals surface area contributed by atoms with E-state index < -0.39 is 0 Å². The lowest BCUT2D eigenvalue weighted by Gasteiger charge is -2.36. The predicted molar refractivity (Wildman–Crippen MR) is 150 cm³/mol. The van der Waals surface area contributed by atoms with Crippen molar-refractivity contribution in [2.24, 2.45) is 0 Å². The lowest BCUT2D eigenvalue weighted by atomic mass is 10.1. The third kappa shape index (κ3) is 6.27. The van der Waals surface area contributed by atoms with Gasteiger partial charge in [0.2, 0.25) is 12.7 Å². The van der Waals surface area contributed by atoms with Gasteiger partial charge in [-0.15, -0.1) is 10.2 Å². The van der Waals surface area contributed by atoms with Crippen LogP contribution in [-0.2, 0) is 9.53 Å². The smallest absolute Gasteiger partial charge is 0.254 e. The van der Waals surface area contributed by atoms with Gasteiger partial charge in [-0.25, -0.2) is 0 Å². The van der Waals surface area contributed by atoms with Crippen LogP contribution >= 0.6 is 0 Å². The molecule has 41 heavy (non-hydrogen) atoms. The van der Waals surface area contributed by atoms with Gasteiger partial charge in [0, 0.05) is 51.0 Å². The summed E-state index contributed by atoms with van der Waals surface area (Å²) in [7, 11) is 4.75. The fourth-order valence-corrected chi connectivity index (χ4v) is 4.76. The van der Waals surface area contributed by atoms with E-state index >= 15 is 0 Å². The number of carbonyl (C=O) groups is 2. The van der Waals surface area contributed by atoms with Gasteiger partial charge in [-0.1, -0.05) is 0 Å². The first-order chi connectivity index (χ1) is 20.0. The Hall–Kier alpha value is -4.58. The number of benzene rings is 2. The Morgan fingerprint density at radius 2 is 1.66 bits per heavy atom. The average Bonchev–Trinajstić information content (AvgIpc) is 3.50. The number of anilines is 1. The Balaban J connectivity index is 1.18. The van der Waals surface area contributed by atoms with Crippen LogP contribution in [0.5, 0.6) is 23.0 Å². The highest BCUT2D eigenvalue weighted by Gasteiger charge is 2.27. The maximum absolute atomic E-state index is 13.3. The summed E-state index contributed by atoms with van der Waals surface area (Å²) in [6.07, 6.45) is 0. The van der Waals surface area contributed by atoms with E-state index in [1.165, 1.54) is 4.90 Å². The lowest BCUT2D eigenvalue weighted by molar-refractivity contribution is -0.132. The first-order valence-electron chi connectivity index (χ1n) is 13.3. The number of ether oxygens (including phenoxy) is 5. The van der Waals surface area contributed by atoms with Crippen LogP contribution in [0.2, 0.25) is 0 Å². The van der Waals surface area contributed by atoms with E-state index in [1.807, 2.05) is 30.3 Å². The van der Waals surface area contributed by atoms with E-state index in [0.717, 1.165) is 11.4 Å². The summed E-state index contributed by atoms with van der Waals surface area (Å²) in [6, 6.07) is 14.5. The quantitative estimate of drug-likeness (QED) is 0.364. The monoisotopic (exact) mass is 563 g/mol. The molecule has 12 heteroatoms. The number of amides is 2. The van der Waals surface area contributed by atoms with E-state index in [-0.39, 0.29) is 31.7 Å². The topological polar surface area (TPSA) is 116 Å². The summed E-state index contributed by atoms with van der Waals surface area (Å²) in [6.45, 7) is 2.90. The minimum atomic E-state index is -0.266. The van der Waals surface area contributed by atoms with Crippen molar-refractivity contribution in [1.29, 1.82) is 0 Å². The number of hydrogen-bond acceptors (Lipinski definition) is 10. The van der Waals surface area contributed by atoms with Crippen molar-refractivity contribution in [3.8, 4) is 34.3 Å². The molecule has 2 aliphatic rings. The summed E-state index contributed by atoms with van der Waals surface area (Å²) >= 11 is 0. The van der Waals surface area contributed by atoms with E-state index in [2.05, 4.69) is 15.1 Å². The number of methoxy groups -OCH3 is 3. The highest BCUT2D eigenvalue weighted by molar-refractivity contribution is 5.97. The molecule has 0 saturated carbocycles. The van der Waals surface area contributed by atoms with Crippen molar-refractivity contribution in [1.82, 2.24) is 20.0 Å². The van der Waals surface area contributed by atoms with Gasteiger partial charge < -0.3 is 38.4 Å². The minimum absolute atomic E-state index is 0.0452. The van der Waals surface area contributed by atoms with Crippen molar-refractivity contribution in [2.75, 3.05) is 78.9 Å². The average molecular weight is 564 g/mol. The Kier molecular flexibility index (Phi) is 8.68. The number of aromatic nitrogens is 2. The van der Waals surface area contributed by atoms with Gasteiger partial charge in [0.15, 0.2) is 28.8 Å². The number of fused-ring (bicyclic) bond motifs is 1. The molecule has 0 aliphatic carbocycles. The van der Waals surface area contributed by atoms with Crippen molar-refractivity contribution in [3.63, 3.8) is 0 Å². The summed E-state index contributed by atoms with van der Waals surface area (Å²) < 4.78 is 26.6. The minimum Gasteiger partial charge on any atom is -0.493 e. The van der Waals surface area contributed by atoms with Crippen LogP contribution in [0.15, 0.2) is 48.5 Å². The molecule has 5 rings (SSSR count). The first-order valence-corrected chi connectivity index (χ1v) is 13.3. The Morgan fingerprint density at radius 3 is 2.37 bits per heavy atom. The molecule has 1 saturated heterocycles. The van der Waals surface area contributed by atoms with Gasteiger partial charge in [0.05, 0.1) is 26.5 Å². The van der Waals surface area contributed by atoms with E-state index in [1.54, 1.807) is 44.4 Å². The van der Waals surface area contributed by atoms with E-state index in [9.17, 15) is 9.59 Å². The molecule has 12 nitrogen and oxygen atoms in total. The Bertz CT molecular complexity index is 1380. The van der Waals surface area contributed by atoms with Crippen LogP contribution < -0.4 is 23.8 Å². The van der Waals surface area contributed by atoms with Crippen LogP contribution in [0, 0.1) is 0 Å². The van der Waals surface area contributed by atoms with E-state index in [4.69, 9.17) is 23.7 Å². The van der Waals surface area contributed by atoms with Crippen molar-refractivity contribution in [2.45, 2.75) is 0 Å². The van der Waals surface area contributed by atoms with Crippen LogP contribution in [0.4, 0.5) is 5.82 Å². The normalized spacial score (nSPS) is 14.1. The highest BCUT2D eigenvalue weighted by atomic mass is 16.7. The maximum Gasteiger partial charge on any atom is 0.254 e. The summed E-state index contributed by atoms with van der Waals surface area (Å²) in [4.78, 5) is 31.9. The van der Waals surface area contributed by atoms with Crippen LogP contribution in [0.3, 0.4) is 0 Å². The number of piperazine rings is 1. The highest BCUT2D eigenvalue weighted by Crippen LogP contribution is 2.33. The third-order valence-electron chi connectivity index (χ3n) is 7.08. The zero-order valence-corrected chi connectivity index (χ0v) is 23.4. The van der Waals surface area contributed by atoms with Crippen LogP contribution in [0.25, 0.3) is 11.3 Å². The summed E-state index contributed by atoms with van der Waals surface area (Å²) in [5.41, 5.74) is 2.01. The number of hydrogen-bond donors (Lipinski definition) is 0. The maximum atomic E-state index is 13.3. The van der Waals surface area contributed by atoms with Crippen molar-refractivity contribution in [3.05, 3.63) is 54.1 Å². The largest absolute Gasteiger partial charge is 0.493 e. The lowest BCUT2D eigenvalue weighted by Crippen LogP contribution is -2.52. The van der Waals surface area contributed by atoms with Gasteiger partial charge in [0.25, 0.3) is 5.91 Å². The SMILES string of the molecule is COCCN(CC(=O)N1CCN(c2ccc(-c3ccc(OC)c(OC)c3)nn2)CC1)C(=O)c1ccc2c(c1)OCO2. The zero-order chi connectivity index (χ0) is 28.8. The van der Waals surface area contributed by atoms with Gasteiger partial charge in [-0.2, -0.15) is 0 Å². The zero-order valence-electron chi connectivity index (χ0n) is 23.4. The molecule has 2 aliphatic heterocycles. The van der Waals surface area contributed by atoms with Crippen molar-refractivity contribution >= 4 is 17.6 Å². The summed E-state index contributed by atoms with van der Waals surface area (Å²) in [5.74, 6) is 2.73. The second kappa shape index (κ2) is 12.7. The number of rotatable bonds is 10. The standard InChI is InChI=1S/C29H33N5O7/c1-37-15-14-34(29(36)21-5-8-24-26(17-21)41-19-40-24)18-28(35)33-12-10-32(11-13-33)27-9-6-22(30-31-27)20-4-7-23(38-2)25(16-20)39-3/h4-9,16-17H,10-15,18-19H2,1-3H3.